The summed E-state index contributed by atoms with van der Waals surface area (Å²) in [6.45, 7) is 2.56. The smallest absolute Gasteiger partial charge is 0.244 e. The minimum Gasteiger partial charge on any atom is -0.294 e. The van der Waals surface area contributed by atoms with Gasteiger partial charge in [0.15, 0.2) is 0 Å². The van der Waals surface area contributed by atoms with Gasteiger partial charge in [0.05, 0.1) is 5.02 Å². The molecule has 1 aromatic rings. The molecule has 0 bridgehead atoms. The van der Waals surface area contributed by atoms with Crippen molar-refractivity contribution in [1.29, 1.82) is 0 Å². The lowest BCUT2D eigenvalue weighted by Gasteiger charge is -2.38. The molecule has 0 amide bonds. The zero-order chi connectivity index (χ0) is 16.4. The second kappa shape index (κ2) is 7.23. The summed E-state index contributed by atoms with van der Waals surface area (Å²) in [6, 6.07) is 5.36. The Balaban J connectivity index is 1.71. The van der Waals surface area contributed by atoms with Gasteiger partial charge in [-0.1, -0.05) is 39.7 Å². The van der Waals surface area contributed by atoms with Crippen LogP contribution in [0.2, 0.25) is 5.02 Å². The molecular weight excluding hydrogens is 400 g/mol. The lowest BCUT2D eigenvalue weighted by Crippen LogP contribution is -2.51. The fourth-order valence-corrected chi connectivity index (χ4v) is 5.63. The van der Waals surface area contributed by atoms with Gasteiger partial charge in [0, 0.05) is 36.7 Å². The van der Waals surface area contributed by atoms with Crippen molar-refractivity contribution < 1.29 is 8.42 Å². The van der Waals surface area contributed by atoms with Crippen LogP contribution in [-0.2, 0) is 10.0 Å². The highest BCUT2D eigenvalue weighted by molar-refractivity contribution is 9.10. The van der Waals surface area contributed by atoms with E-state index in [1.165, 1.54) is 12.8 Å². The molecule has 126 valence electrons. The molecule has 1 aliphatic heterocycles. The van der Waals surface area contributed by atoms with Gasteiger partial charge < -0.3 is 0 Å². The van der Waals surface area contributed by atoms with E-state index in [1.54, 1.807) is 22.5 Å². The zero-order valence-corrected chi connectivity index (χ0v) is 15.9. The number of nitrogens with zero attached hydrogens (tertiary/aromatic N) is 2. The molecule has 3 rings (SSSR count). The first-order valence-electron chi connectivity index (χ1n) is 7.84. The van der Waals surface area contributed by atoms with Crippen LogP contribution in [0.1, 0.15) is 19.3 Å². The number of rotatable bonds is 3. The maximum Gasteiger partial charge on any atom is 0.244 e. The normalized spacial score (nSPS) is 24.0. The third kappa shape index (κ3) is 3.82. The molecule has 4 nitrogen and oxygen atoms in total. The Morgan fingerprint density at radius 3 is 2.52 bits per heavy atom. The highest BCUT2D eigenvalue weighted by atomic mass is 79.9. The maximum absolute atomic E-state index is 12.8. The van der Waals surface area contributed by atoms with Crippen LogP contribution in [-0.4, -0.2) is 49.8 Å². The van der Waals surface area contributed by atoms with Crippen LogP contribution in [0.4, 0.5) is 0 Å². The van der Waals surface area contributed by atoms with Gasteiger partial charge >= 0.3 is 0 Å². The van der Waals surface area contributed by atoms with Crippen LogP contribution in [0.15, 0.2) is 39.7 Å². The Morgan fingerprint density at radius 1 is 1.17 bits per heavy atom. The molecule has 0 N–H and O–H groups in total. The highest BCUT2D eigenvalue weighted by Crippen LogP contribution is 2.29. The van der Waals surface area contributed by atoms with Gasteiger partial charge in [-0.2, -0.15) is 4.31 Å². The minimum atomic E-state index is -3.53. The molecule has 0 radical (unpaired) electrons. The fraction of sp³-hybridized carbons (Fsp3) is 0.500. The second-order valence-electron chi connectivity index (χ2n) is 5.94. The Hall–Kier alpha value is -0.400. The molecule has 1 aliphatic carbocycles. The number of sulfonamides is 1. The average Bonchev–Trinajstić information content (AvgIpc) is 2.55. The zero-order valence-electron chi connectivity index (χ0n) is 12.8. The Kier molecular flexibility index (Phi) is 5.48. The first kappa shape index (κ1) is 17.4. The van der Waals surface area contributed by atoms with Crippen molar-refractivity contribution in [3.8, 4) is 0 Å². The SMILES string of the molecule is O=S(=O)(c1ccc(Br)cc1Cl)N1CCN(C2C=CCCC2)CC1. The van der Waals surface area contributed by atoms with Crippen molar-refractivity contribution >= 4 is 37.6 Å². The van der Waals surface area contributed by atoms with E-state index in [2.05, 4.69) is 33.0 Å². The van der Waals surface area contributed by atoms with Crippen molar-refractivity contribution in [2.24, 2.45) is 0 Å². The number of piperazine rings is 1. The van der Waals surface area contributed by atoms with Crippen LogP contribution in [0.3, 0.4) is 0 Å². The van der Waals surface area contributed by atoms with Crippen molar-refractivity contribution in [3.05, 3.63) is 39.8 Å². The van der Waals surface area contributed by atoms with E-state index in [4.69, 9.17) is 11.6 Å². The largest absolute Gasteiger partial charge is 0.294 e. The monoisotopic (exact) mass is 418 g/mol. The quantitative estimate of drug-likeness (QED) is 0.704. The summed E-state index contributed by atoms with van der Waals surface area (Å²) < 4.78 is 27.9. The Labute approximate surface area is 151 Å². The van der Waals surface area contributed by atoms with Gasteiger partial charge in [-0.15, -0.1) is 0 Å². The first-order valence-corrected chi connectivity index (χ1v) is 10.5. The number of hydrogen-bond acceptors (Lipinski definition) is 3. The lowest BCUT2D eigenvalue weighted by molar-refractivity contribution is 0.150. The molecule has 2 aliphatic rings. The summed E-state index contributed by atoms with van der Waals surface area (Å²) in [7, 11) is -3.53. The molecular formula is C16H20BrClN2O2S. The fourth-order valence-electron chi connectivity index (χ4n) is 3.20. The molecule has 1 fully saturated rings. The molecule has 7 heteroatoms. The van der Waals surface area contributed by atoms with E-state index in [9.17, 15) is 8.42 Å². The number of hydrogen-bond donors (Lipinski definition) is 0. The minimum absolute atomic E-state index is 0.188. The van der Waals surface area contributed by atoms with Crippen molar-refractivity contribution in [2.75, 3.05) is 26.2 Å². The van der Waals surface area contributed by atoms with E-state index >= 15 is 0 Å². The molecule has 1 heterocycles. The average molecular weight is 420 g/mol. The van der Waals surface area contributed by atoms with Crippen LogP contribution in [0.25, 0.3) is 0 Å². The van der Waals surface area contributed by atoms with E-state index in [1.807, 2.05) is 0 Å². The molecule has 1 saturated heterocycles. The van der Waals surface area contributed by atoms with Crippen molar-refractivity contribution in [3.63, 3.8) is 0 Å². The third-order valence-corrected chi connectivity index (χ3v) is 7.36. The third-order valence-electron chi connectivity index (χ3n) is 4.48. The summed E-state index contributed by atoms with van der Waals surface area (Å²) in [5.74, 6) is 0. The molecule has 0 aromatic heterocycles. The van der Waals surface area contributed by atoms with Gasteiger partial charge in [0.1, 0.15) is 4.90 Å². The van der Waals surface area contributed by atoms with Crippen LogP contribution in [0, 0.1) is 0 Å². The molecule has 1 unspecified atom stereocenters. The van der Waals surface area contributed by atoms with Crippen LogP contribution in [0.5, 0.6) is 0 Å². The van der Waals surface area contributed by atoms with Gasteiger partial charge in [0.2, 0.25) is 10.0 Å². The van der Waals surface area contributed by atoms with Gasteiger partial charge in [-0.25, -0.2) is 8.42 Å². The summed E-state index contributed by atoms with van der Waals surface area (Å²) in [5.41, 5.74) is 0. The standard InChI is InChI=1S/C16H20BrClN2O2S/c17-13-6-7-16(15(18)12-13)23(21,22)20-10-8-19(9-11-20)14-4-2-1-3-5-14/h2,4,6-7,12,14H,1,3,5,8-11H2. The molecule has 0 saturated carbocycles. The van der Waals surface area contributed by atoms with E-state index in [-0.39, 0.29) is 9.92 Å². The molecule has 1 atom stereocenters. The molecule has 23 heavy (non-hydrogen) atoms. The second-order valence-corrected chi connectivity index (χ2v) is 9.17. The predicted molar refractivity (Wildman–Crippen MR) is 96.3 cm³/mol. The summed E-state index contributed by atoms with van der Waals surface area (Å²) >= 11 is 9.43. The Bertz CT molecular complexity index is 700. The van der Waals surface area contributed by atoms with Gasteiger partial charge in [-0.05, 0) is 37.5 Å². The summed E-state index contributed by atoms with van der Waals surface area (Å²) in [6.07, 6.45) is 8.04. The molecule has 0 spiro atoms. The van der Waals surface area contributed by atoms with E-state index in [0.717, 1.165) is 24.0 Å². The van der Waals surface area contributed by atoms with Crippen molar-refractivity contribution in [1.82, 2.24) is 9.21 Å². The molecule has 1 aromatic carbocycles. The van der Waals surface area contributed by atoms with E-state index < -0.39 is 10.0 Å². The number of allylic oxidation sites excluding steroid dienone is 1. The predicted octanol–water partition coefficient (Wildman–Crippen LogP) is 3.52. The van der Waals surface area contributed by atoms with Gasteiger partial charge in [-0.3, -0.25) is 4.90 Å². The van der Waals surface area contributed by atoms with Crippen LogP contribution >= 0.6 is 27.5 Å². The maximum atomic E-state index is 12.8. The van der Waals surface area contributed by atoms with E-state index in [0.29, 0.717) is 19.1 Å². The number of halogens is 2. The lowest BCUT2D eigenvalue weighted by atomic mass is 10.0. The first-order chi connectivity index (χ1) is 11.0. The number of benzene rings is 1. The topological polar surface area (TPSA) is 40.6 Å². The summed E-state index contributed by atoms with van der Waals surface area (Å²) in [4.78, 5) is 2.57. The van der Waals surface area contributed by atoms with Crippen LogP contribution < -0.4 is 0 Å². The Morgan fingerprint density at radius 2 is 1.91 bits per heavy atom. The van der Waals surface area contributed by atoms with Crippen molar-refractivity contribution in [2.45, 2.75) is 30.2 Å². The van der Waals surface area contributed by atoms with Gasteiger partial charge in [0.25, 0.3) is 0 Å². The highest BCUT2D eigenvalue weighted by Gasteiger charge is 2.31. The summed E-state index contributed by atoms with van der Waals surface area (Å²) in [5, 5.41) is 0.261.